The van der Waals surface area contributed by atoms with E-state index in [1.807, 2.05) is 35.8 Å². The van der Waals surface area contributed by atoms with Gasteiger partial charge in [0.1, 0.15) is 11.4 Å². The lowest BCUT2D eigenvalue weighted by atomic mass is 10.1. The number of carbonyl (C=O) groups is 1. The second-order valence-corrected chi connectivity index (χ2v) is 9.78. The predicted octanol–water partition coefficient (Wildman–Crippen LogP) is 2.31. The van der Waals surface area contributed by atoms with Gasteiger partial charge in [-0.2, -0.15) is 0 Å². The van der Waals surface area contributed by atoms with Gasteiger partial charge in [-0.25, -0.2) is 4.79 Å². The normalized spacial score (nSPS) is 16.1. The molecule has 3 heterocycles. The highest BCUT2D eigenvalue weighted by Crippen LogP contribution is 2.35. The number of nitrogens with one attached hydrogen (secondary N) is 1. The van der Waals surface area contributed by atoms with E-state index in [2.05, 4.69) is 20.1 Å². The summed E-state index contributed by atoms with van der Waals surface area (Å²) in [4.78, 5) is 42.1. The predicted molar refractivity (Wildman–Crippen MR) is 131 cm³/mol. The van der Waals surface area contributed by atoms with Crippen LogP contribution in [0, 0.1) is 6.92 Å². The first-order valence-corrected chi connectivity index (χ1v) is 12.5. The molecule has 1 aliphatic carbocycles. The highest BCUT2D eigenvalue weighted by molar-refractivity contribution is 7.99. The maximum absolute atomic E-state index is 13.1. The Hall–Kier alpha value is -3.34. The Morgan fingerprint density at radius 2 is 1.82 bits per heavy atom. The average molecular weight is 482 g/mol. The van der Waals surface area contributed by atoms with Gasteiger partial charge in [-0.15, -0.1) is 10.2 Å². The minimum atomic E-state index is -0.751. The number of anilines is 2. The molecule has 2 aromatic heterocycles. The van der Waals surface area contributed by atoms with Crippen molar-refractivity contribution in [2.75, 3.05) is 29.5 Å². The molecule has 34 heavy (non-hydrogen) atoms. The smallest absolute Gasteiger partial charge is 0.330 e. The van der Waals surface area contributed by atoms with Crippen LogP contribution in [0.15, 0.2) is 39.0 Å². The Labute approximate surface area is 200 Å². The highest BCUT2D eigenvalue weighted by Gasteiger charge is 2.30. The topological polar surface area (TPSA) is 132 Å². The van der Waals surface area contributed by atoms with E-state index in [1.54, 1.807) is 0 Å². The van der Waals surface area contributed by atoms with Gasteiger partial charge >= 0.3 is 5.69 Å². The molecule has 178 valence electrons. The van der Waals surface area contributed by atoms with Crippen molar-refractivity contribution in [1.82, 2.24) is 24.3 Å². The van der Waals surface area contributed by atoms with Crippen LogP contribution in [0.2, 0.25) is 0 Å². The summed E-state index contributed by atoms with van der Waals surface area (Å²) in [6.07, 6.45) is 5.00. The second kappa shape index (κ2) is 9.13. The molecule has 3 aromatic rings. The van der Waals surface area contributed by atoms with E-state index in [1.165, 1.54) is 22.7 Å². The summed E-state index contributed by atoms with van der Waals surface area (Å²) in [5.74, 6) is 0.185. The van der Waals surface area contributed by atoms with E-state index in [-0.39, 0.29) is 23.2 Å². The summed E-state index contributed by atoms with van der Waals surface area (Å²) in [5, 5.41) is 9.39. The number of benzene rings is 1. The van der Waals surface area contributed by atoms with Crippen LogP contribution in [0.5, 0.6) is 0 Å². The number of thioether (sulfide) groups is 1. The van der Waals surface area contributed by atoms with E-state index < -0.39 is 17.0 Å². The van der Waals surface area contributed by atoms with Crippen molar-refractivity contribution >= 4 is 29.3 Å². The zero-order valence-electron chi connectivity index (χ0n) is 19.0. The average Bonchev–Trinajstić information content (AvgIpc) is 3.56. The lowest BCUT2D eigenvalue weighted by Crippen LogP contribution is -2.36. The van der Waals surface area contributed by atoms with E-state index >= 15 is 0 Å². The van der Waals surface area contributed by atoms with Crippen molar-refractivity contribution in [1.29, 1.82) is 0 Å². The number of hydrogen-bond donors (Lipinski definition) is 2. The van der Waals surface area contributed by atoms with Gasteiger partial charge in [-0.1, -0.05) is 29.5 Å². The Morgan fingerprint density at radius 3 is 2.50 bits per heavy atom. The minimum absolute atomic E-state index is 0.0553. The van der Waals surface area contributed by atoms with Crippen LogP contribution in [-0.2, 0) is 0 Å². The number of aromatic amines is 1. The summed E-state index contributed by atoms with van der Waals surface area (Å²) < 4.78 is 3.28. The van der Waals surface area contributed by atoms with Crippen LogP contribution >= 0.6 is 11.8 Å². The molecule has 3 N–H and O–H groups in total. The molecular formula is C23H27N7O3S. The number of nitrogens with zero attached hydrogens (tertiary/aromatic N) is 5. The van der Waals surface area contributed by atoms with Gasteiger partial charge in [-0.05, 0) is 51.2 Å². The molecule has 1 aromatic carbocycles. The van der Waals surface area contributed by atoms with Crippen LogP contribution < -0.4 is 21.9 Å². The van der Waals surface area contributed by atoms with Gasteiger partial charge in [0, 0.05) is 19.1 Å². The molecule has 2 fully saturated rings. The maximum Gasteiger partial charge on any atom is 0.330 e. The number of nitrogens with two attached hydrogens (primary N) is 1. The monoisotopic (exact) mass is 481 g/mol. The minimum Gasteiger partial charge on any atom is -0.384 e. The van der Waals surface area contributed by atoms with Gasteiger partial charge in [0.25, 0.3) is 5.56 Å². The molecular weight excluding hydrogens is 454 g/mol. The molecule has 1 saturated heterocycles. The number of aryl methyl sites for hydroxylation is 1. The summed E-state index contributed by atoms with van der Waals surface area (Å²) in [5.41, 5.74) is 6.66. The third kappa shape index (κ3) is 4.27. The third-order valence-corrected chi connectivity index (χ3v) is 7.18. The number of carbonyl (C=O) groups excluding carboxylic acids is 1. The quantitative estimate of drug-likeness (QED) is 0.388. The first kappa shape index (κ1) is 22.5. The van der Waals surface area contributed by atoms with Crippen LogP contribution in [0.1, 0.15) is 54.1 Å². The van der Waals surface area contributed by atoms with Crippen LogP contribution in [-0.4, -0.2) is 48.9 Å². The third-order valence-electron chi connectivity index (χ3n) is 6.25. The van der Waals surface area contributed by atoms with E-state index in [0.717, 1.165) is 56.0 Å². The van der Waals surface area contributed by atoms with Crippen molar-refractivity contribution in [2.24, 2.45) is 0 Å². The van der Waals surface area contributed by atoms with Crippen LogP contribution in [0.25, 0.3) is 5.69 Å². The first-order chi connectivity index (χ1) is 16.4. The Morgan fingerprint density at radius 1 is 1.12 bits per heavy atom. The molecule has 1 aliphatic heterocycles. The number of piperidine rings is 1. The molecule has 0 unspecified atom stereocenters. The van der Waals surface area contributed by atoms with Crippen molar-refractivity contribution in [3.8, 4) is 5.69 Å². The van der Waals surface area contributed by atoms with Gasteiger partial charge < -0.3 is 10.6 Å². The van der Waals surface area contributed by atoms with Gasteiger partial charge in [0.15, 0.2) is 10.9 Å². The molecule has 1 saturated carbocycles. The standard InChI is InChI=1S/C23H27N7O3S/c1-14-5-7-16(8-6-14)30-21(28-11-3-2-4-12-28)26-27-23(30)34-13-17(31)18-19(24)29(15-9-10-15)22(33)25-20(18)32/h5-8,15H,2-4,9-13,24H2,1H3,(H,25,32,33). The van der Waals surface area contributed by atoms with Crippen LogP contribution in [0.3, 0.4) is 0 Å². The fourth-order valence-electron chi connectivity index (χ4n) is 4.31. The fourth-order valence-corrected chi connectivity index (χ4v) is 5.13. The molecule has 5 rings (SSSR count). The first-order valence-electron chi connectivity index (χ1n) is 11.5. The molecule has 0 radical (unpaired) electrons. The van der Waals surface area contributed by atoms with Gasteiger partial charge in [0.05, 0.1) is 11.4 Å². The number of hydrogen-bond acceptors (Lipinski definition) is 8. The summed E-state index contributed by atoms with van der Waals surface area (Å²) >= 11 is 1.20. The zero-order chi connectivity index (χ0) is 23.8. The van der Waals surface area contributed by atoms with Crippen molar-refractivity contribution in [3.05, 3.63) is 56.2 Å². The van der Waals surface area contributed by atoms with Crippen molar-refractivity contribution in [2.45, 2.75) is 50.2 Å². The number of aromatic nitrogens is 5. The maximum atomic E-state index is 13.1. The van der Waals surface area contributed by atoms with Crippen molar-refractivity contribution < 1.29 is 4.79 Å². The van der Waals surface area contributed by atoms with Crippen molar-refractivity contribution in [3.63, 3.8) is 0 Å². The van der Waals surface area contributed by atoms with E-state index in [4.69, 9.17) is 5.73 Å². The molecule has 10 nitrogen and oxygen atoms in total. The number of Topliss-reactive ketones (excluding diaryl/α,β-unsaturated/α-hetero) is 1. The highest BCUT2D eigenvalue weighted by atomic mass is 32.2. The largest absolute Gasteiger partial charge is 0.384 e. The van der Waals surface area contributed by atoms with E-state index in [0.29, 0.717) is 5.16 Å². The molecule has 2 aliphatic rings. The summed E-state index contributed by atoms with van der Waals surface area (Å²) in [6, 6.07) is 8.01. The Balaban J connectivity index is 1.45. The Kier molecular flexibility index (Phi) is 6.03. The zero-order valence-corrected chi connectivity index (χ0v) is 19.8. The Bertz CT molecular complexity index is 1330. The number of rotatable bonds is 7. The molecule has 0 amide bonds. The number of nitrogen functional groups attached to an aromatic ring is 1. The summed E-state index contributed by atoms with van der Waals surface area (Å²) in [6.45, 7) is 3.84. The van der Waals surface area contributed by atoms with E-state index in [9.17, 15) is 14.4 Å². The number of ketones is 1. The molecule has 11 heteroatoms. The number of H-pyrrole nitrogens is 1. The lowest BCUT2D eigenvalue weighted by molar-refractivity contribution is 0.102. The second-order valence-electron chi connectivity index (χ2n) is 8.83. The SMILES string of the molecule is Cc1ccc(-n2c(SCC(=O)c3c(N)n(C4CC4)c(=O)[nH]c3=O)nnc2N2CCCCC2)cc1. The fraction of sp³-hybridized carbons (Fsp3) is 0.435. The molecule has 0 atom stereocenters. The van der Waals surface area contributed by atoms with Gasteiger partial charge in [-0.3, -0.25) is 23.7 Å². The molecule has 0 spiro atoms. The van der Waals surface area contributed by atoms with Gasteiger partial charge in [0.2, 0.25) is 5.95 Å². The molecule has 0 bridgehead atoms. The lowest BCUT2D eigenvalue weighted by Gasteiger charge is -2.27. The summed E-state index contributed by atoms with van der Waals surface area (Å²) in [7, 11) is 0. The van der Waals surface area contributed by atoms with Crippen LogP contribution in [0.4, 0.5) is 11.8 Å².